The summed E-state index contributed by atoms with van der Waals surface area (Å²) < 4.78 is 5.20. The van der Waals surface area contributed by atoms with Gasteiger partial charge in [0, 0.05) is 6.04 Å². The molecule has 2 N–H and O–H groups in total. The van der Waals surface area contributed by atoms with Gasteiger partial charge in [-0.25, -0.2) is 0 Å². The van der Waals surface area contributed by atoms with Crippen LogP contribution in [0.4, 0.5) is 0 Å². The zero-order chi connectivity index (χ0) is 13.8. The molecule has 0 saturated carbocycles. The first-order chi connectivity index (χ1) is 8.28. The molecule has 0 aliphatic carbocycles. The lowest BCUT2D eigenvalue weighted by Crippen LogP contribution is -2.32. The first-order valence-electron chi connectivity index (χ1n) is 6.02. The molecule has 1 unspecified atom stereocenters. The maximum atomic E-state index is 11.5. The molecule has 0 aliphatic rings. The van der Waals surface area contributed by atoms with E-state index in [1.807, 2.05) is 33.8 Å². The van der Waals surface area contributed by atoms with Crippen molar-refractivity contribution in [2.45, 2.75) is 39.3 Å². The van der Waals surface area contributed by atoms with Gasteiger partial charge in [-0.1, -0.05) is 12.1 Å². The van der Waals surface area contributed by atoms with Gasteiger partial charge in [0.1, 0.15) is 11.4 Å². The Morgan fingerprint density at radius 1 is 1.44 bits per heavy atom. The molecule has 0 heterocycles. The SMILES string of the molecule is CC(NCC(=O)OC(C)(C)C)c1cccc(O)c1. The van der Waals surface area contributed by atoms with Gasteiger partial charge in [-0.05, 0) is 45.4 Å². The van der Waals surface area contributed by atoms with Gasteiger partial charge in [0.2, 0.25) is 0 Å². The number of carbonyl (C=O) groups is 1. The summed E-state index contributed by atoms with van der Waals surface area (Å²) >= 11 is 0. The first kappa shape index (κ1) is 14.5. The molecule has 18 heavy (non-hydrogen) atoms. The Labute approximate surface area is 108 Å². The Morgan fingerprint density at radius 2 is 2.11 bits per heavy atom. The van der Waals surface area contributed by atoms with Crippen LogP contribution in [0.3, 0.4) is 0 Å². The van der Waals surface area contributed by atoms with Gasteiger partial charge in [0.25, 0.3) is 0 Å². The number of rotatable bonds is 4. The van der Waals surface area contributed by atoms with Gasteiger partial charge >= 0.3 is 5.97 Å². The molecule has 4 heteroatoms. The Morgan fingerprint density at radius 3 is 2.67 bits per heavy atom. The highest BCUT2D eigenvalue weighted by Crippen LogP contribution is 2.17. The second kappa shape index (κ2) is 5.87. The summed E-state index contributed by atoms with van der Waals surface area (Å²) in [5.74, 6) is -0.0621. The average Bonchev–Trinajstić information content (AvgIpc) is 2.23. The molecule has 0 amide bonds. The van der Waals surface area contributed by atoms with Gasteiger partial charge in [-0.15, -0.1) is 0 Å². The zero-order valence-electron chi connectivity index (χ0n) is 11.4. The van der Waals surface area contributed by atoms with E-state index in [0.29, 0.717) is 0 Å². The van der Waals surface area contributed by atoms with E-state index in [2.05, 4.69) is 5.32 Å². The lowest BCUT2D eigenvalue weighted by atomic mass is 10.1. The van der Waals surface area contributed by atoms with E-state index in [9.17, 15) is 9.90 Å². The number of phenolic OH excluding ortho intramolecular Hbond substituents is 1. The molecule has 4 nitrogen and oxygen atoms in total. The number of hydrogen-bond acceptors (Lipinski definition) is 4. The van der Waals surface area contributed by atoms with Crippen molar-refractivity contribution in [3.05, 3.63) is 29.8 Å². The van der Waals surface area contributed by atoms with E-state index in [1.165, 1.54) is 0 Å². The van der Waals surface area contributed by atoms with Crippen molar-refractivity contribution in [1.29, 1.82) is 0 Å². The van der Waals surface area contributed by atoms with Crippen molar-refractivity contribution >= 4 is 5.97 Å². The van der Waals surface area contributed by atoms with E-state index >= 15 is 0 Å². The number of ether oxygens (including phenoxy) is 1. The summed E-state index contributed by atoms with van der Waals surface area (Å²) in [7, 11) is 0. The standard InChI is InChI=1S/C14H21NO3/c1-10(11-6-5-7-12(16)8-11)15-9-13(17)18-14(2,3)4/h5-8,10,15-16H,9H2,1-4H3. The minimum absolute atomic E-state index is 0.0235. The van der Waals surface area contributed by atoms with Crippen LogP contribution in [0.15, 0.2) is 24.3 Å². The zero-order valence-corrected chi connectivity index (χ0v) is 11.4. The van der Waals surface area contributed by atoms with Crippen LogP contribution in [0.2, 0.25) is 0 Å². The average molecular weight is 251 g/mol. The summed E-state index contributed by atoms with van der Waals surface area (Å²) in [5, 5.41) is 12.4. The van der Waals surface area contributed by atoms with E-state index < -0.39 is 5.60 Å². The predicted molar refractivity (Wildman–Crippen MR) is 70.4 cm³/mol. The van der Waals surface area contributed by atoms with Crippen LogP contribution in [-0.2, 0) is 9.53 Å². The van der Waals surface area contributed by atoms with Crippen molar-refractivity contribution in [3.63, 3.8) is 0 Å². The number of esters is 1. The molecule has 100 valence electrons. The minimum Gasteiger partial charge on any atom is -0.508 e. The first-order valence-corrected chi connectivity index (χ1v) is 6.02. The number of carbonyl (C=O) groups excluding carboxylic acids is 1. The van der Waals surface area contributed by atoms with Gasteiger partial charge in [0.15, 0.2) is 0 Å². The van der Waals surface area contributed by atoms with E-state index in [4.69, 9.17) is 4.74 Å². The molecule has 0 bridgehead atoms. The van der Waals surface area contributed by atoms with Crippen LogP contribution in [0.1, 0.15) is 39.3 Å². The third-order valence-corrected chi connectivity index (χ3v) is 2.34. The number of hydrogen-bond donors (Lipinski definition) is 2. The molecule has 1 aromatic carbocycles. The second-order valence-electron chi connectivity index (χ2n) is 5.28. The fraction of sp³-hybridized carbons (Fsp3) is 0.500. The Hall–Kier alpha value is -1.55. The molecule has 0 spiro atoms. The normalized spacial score (nSPS) is 13.1. The monoisotopic (exact) mass is 251 g/mol. The van der Waals surface area contributed by atoms with Crippen molar-refractivity contribution in [2.24, 2.45) is 0 Å². The third kappa shape index (κ3) is 5.19. The van der Waals surface area contributed by atoms with Crippen LogP contribution < -0.4 is 5.32 Å². The Kier molecular flexibility index (Phi) is 4.73. The van der Waals surface area contributed by atoms with Crippen LogP contribution >= 0.6 is 0 Å². The highest BCUT2D eigenvalue weighted by atomic mass is 16.6. The van der Waals surface area contributed by atoms with Gasteiger partial charge in [0.05, 0.1) is 6.54 Å². The van der Waals surface area contributed by atoms with Crippen molar-refractivity contribution in [2.75, 3.05) is 6.54 Å². The van der Waals surface area contributed by atoms with Crippen molar-refractivity contribution < 1.29 is 14.6 Å². The van der Waals surface area contributed by atoms with Crippen LogP contribution in [0.25, 0.3) is 0 Å². The quantitative estimate of drug-likeness (QED) is 0.807. The second-order valence-corrected chi connectivity index (χ2v) is 5.28. The number of benzene rings is 1. The molecule has 0 saturated heterocycles. The fourth-order valence-corrected chi connectivity index (χ4v) is 1.53. The molecular formula is C14H21NO3. The molecule has 0 fully saturated rings. The van der Waals surface area contributed by atoms with E-state index in [1.54, 1.807) is 18.2 Å². The van der Waals surface area contributed by atoms with Gasteiger partial charge in [-0.3, -0.25) is 4.79 Å². The van der Waals surface area contributed by atoms with E-state index in [-0.39, 0.29) is 24.3 Å². The van der Waals surface area contributed by atoms with Crippen LogP contribution in [-0.4, -0.2) is 23.2 Å². The summed E-state index contributed by atoms with van der Waals surface area (Å²) in [6.07, 6.45) is 0. The van der Waals surface area contributed by atoms with Crippen molar-refractivity contribution in [3.8, 4) is 5.75 Å². The minimum atomic E-state index is -0.465. The highest BCUT2D eigenvalue weighted by molar-refractivity contribution is 5.72. The Bertz CT molecular complexity index is 410. The molecule has 0 radical (unpaired) electrons. The number of phenols is 1. The smallest absolute Gasteiger partial charge is 0.320 e. The molecule has 0 aromatic heterocycles. The lowest BCUT2D eigenvalue weighted by Gasteiger charge is -2.21. The molecule has 1 aromatic rings. The number of nitrogens with one attached hydrogen (secondary N) is 1. The van der Waals surface area contributed by atoms with Crippen LogP contribution in [0.5, 0.6) is 5.75 Å². The fourth-order valence-electron chi connectivity index (χ4n) is 1.53. The summed E-state index contributed by atoms with van der Waals surface area (Å²) in [5.41, 5.74) is 0.464. The molecule has 0 aliphatic heterocycles. The largest absolute Gasteiger partial charge is 0.508 e. The predicted octanol–water partition coefficient (Wildman–Crippen LogP) is 2.38. The molecule has 1 rings (SSSR count). The Balaban J connectivity index is 2.46. The topological polar surface area (TPSA) is 58.6 Å². The lowest BCUT2D eigenvalue weighted by molar-refractivity contribution is -0.153. The van der Waals surface area contributed by atoms with Gasteiger partial charge < -0.3 is 15.2 Å². The molecule has 1 atom stereocenters. The van der Waals surface area contributed by atoms with Gasteiger partial charge in [-0.2, -0.15) is 0 Å². The summed E-state index contributed by atoms with van der Waals surface area (Å²) in [4.78, 5) is 11.5. The maximum Gasteiger partial charge on any atom is 0.320 e. The summed E-state index contributed by atoms with van der Waals surface area (Å²) in [6, 6.07) is 6.93. The number of aromatic hydroxyl groups is 1. The highest BCUT2D eigenvalue weighted by Gasteiger charge is 2.16. The van der Waals surface area contributed by atoms with E-state index in [0.717, 1.165) is 5.56 Å². The van der Waals surface area contributed by atoms with Crippen LogP contribution in [0, 0.1) is 0 Å². The van der Waals surface area contributed by atoms with Crippen molar-refractivity contribution in [1.82, 2.24) is 5.32 Å². The molecular weight excluding hydrogens is 230 g/mol. The third-order valence-electron chi connectivity index (χ3n) is 2.34. The maximum absolute atomic E-state index is 11.5. The summed E-state index contributed by atoms with van der Waals surface area (Å²) in [6.45, 7) is 7.59.